The Labute approximate surface area is 125 Å². The van der Waals surface area contributed by atoms with Gasteiger partial charge in [-0.2, -0.15) is 0 Å². The van der Waals surface area contributed by atoms with E-state index in [1.807, 2.05) is 6.92 Å². The molecule has 0 aliphatic carbocycles. The van der Waals surface area contributed by atoms with Crippen LogP contribution in [0.15, 0.2) is 18.2 Å². The summed E-state index contributed by atoms with van der Waals surface area (Å²) in [6.45, 7) is 2.54. The first-order valence-electron chi connectivity index (χ1n) is 7.41. The zero-order valence-electron chi connectivity index (χ0n) is 12.8. The zero-order chi connectivity index (χ0) is 15.7. The average Bonchev–Trinajstić information content (AvgIpc) is 2.46. The monoisotopic (exact) mass is 296 g/mol. The van der Waals surface area contributed by atoms with Crippen molar-refractivity contribution in [3.05, 3.63) is 29.6 Å². The van der Waals surface area contributed by atoms with Crippen LogP contribution in [0.4, 0.5) is 4.39 Å². The lowest BCUT2D eigenvalue weighted by molar-refractivity contribution is -0.121. The molecule has 1 amide bonds. The summed E-state index contributed by atoms with van der Waals surface area (Å²) in [5, 5.41) is 2.88. The summed E-state index contributed by atoms with van der Waals surface area (Å²) in [5.41, 5.74) is 6.14. The minimum Gasteiger partial charge on any atom is -0.494 e. The van der Waals surface area contributed by atoms with Gasteiger partial charge < -0.3 is 15.8 Å². The Kier molecular flexibility index (Phi) is 7.75. The maximum atomic E-state index is 13.6. The average molecular weight is 296 g/mol. The van der Waals surface area contributed by atoms with Gasteiger partial charge in [-0.05, 0) is 44.0 Å². The van der Waals surface area contributed by atoms with Crippen LogP contribution >= 0.6 is 0 Å². The van der Waals surface area contributed by atoms with Gasteiger partial charge in [0.05, 0.1) is 13.2 Å². The van der Waals surface area contributed by atoms with Gasteiger partial charge in [-0.3, -0.25) is 4.79 Å². The maximum Gasteiger partial charge on any atom is 0.220 e. The largest absolute Gasteiger partial charge is 0.494 e. The molecule has 0 radical (unpaired) electrons. The molecule has 0 fully saturated rings. The van der Waals surface area contributed by atoms with Crippen LogP contribution in [-0.4, -0.2) is 19.6 Å². The summed E-state index contributed by atoms with van der Waals surface area (Å²) in [4.78, 5) is 11.8. The lowest BCUT2D eigenvalue weighted by Gasteiger charge is -2.15. The Morgan fingerprint density at radius 1 is 1.33 bits per heavy atom. The first-order valence-corrected chi connectivity index (χ1v) is 7.41. The number of benzene rings is 1. The summed E-state index contributed by atoms with van der Waals surface area (Å²) in [5.74, 6) is -0.221. The standard InChI is InChI=1S/C16H25FN2O2/c1-12(13-8-9-15(21-2)14(17)11-13)19-16(20)7-5-3-4-6-10-18/h8-9,11-12H,3-7,10,18H2,1-2H3,(H,19,20). The van der Waals surface area contributed by atoms with Gasteiger partial charge in [0.1, 0.15) is 0 Å². The van der Waals surface area contributed by atoms with Crippen molar-refractivity contribution in [1.82, 2.24) is 5.32 Å². The van der Waals surface area contributed by atoms with Crippen LogP contribution < -0.4 is 15.8 Å². The fourth-order valence-electron chi connectivity index (χ4n) is 2.13. The van der Waals surface area contributed by atoms with Crippen molar-refractivity contribution in [1.29, 1.82) is 0 Å². The van der Waals surface area contributed by atoms with Crippen molar-refractivity contribution in [2.45, 2.75) is 45.1 Å². The van der Waals surface area contributed by atoms with Crippen LogP contribution in [-0.2, 0) is 4.79 Å². The van der Waals surface area contributed by atoms with Crippen LogP contribution in [0.5, 0.6) is 5.75 Å². The molecule has 1 rings (SSSR count). The molecule has 1 aromatic carbocycles. The molecule has 21 heavy (non-hydrogen) atoms. The second kappa shape index (κ2) is 9.34. The van der Waals surface area contributed by atoms with Crippen molar-refractivity contribution in [2.24, 2.45) is 5.73 Å². The van der Waals surface area contributed by atoms with Crippen LogP contribution in [0.25, 0.3) is 0 Å². The number of halogens is 1. The number of carbonyl (C=O) groups is 1. The van der Waals surface area contributed by atoms with Gasteiger partial charge in [0.2, 0.25) is 5.91 Å². The number of hydrogen-bond acceptors (Lipinski definition) is 3. The summed E-state index contributed by atoms with van der Waals surface area (Å²) in [6, 6.07) is 4.50. The van der Waals surface area contributed by atoms with E-state index in [9.17, 15) is 9.18 Å². The third-order valence-electron chi connectivity index (χ3n) is 3.41. The van der Waals surface area contributed by atoms with Crippen molar-refractivity contribution in [3.8, 4) is 5.75 Å². The van der Waals surface area contributed by atoms with Gasteiger partial charge in [0.25, 0.3) is 0 Å². The van der Waals surface area contributed by atoms with Crippen LogP contribution in [0, 0.1) is 5.82 Å². The van der Waals surface area contributed by atoms with E-state index >= 15 is 0 Å². The van der Waals surface area contributed by atoms with Gasteiger partial charge in [-0.25, -0.2) is 4.39 Å². The highest BCUT2D eigenvalue weighted by Gasteiger charge is 2.12. The van der Waals surface area contributed by atoms with E-state index in [1.165, 1.54) is 13.2 Å². The lowest BCUT2D eigenvalue weighted by Crippen LogP contribution is -2.26. The SMILES string of the molecule is COc1ccc(C(C)NC(=O)CCCCCCN)cc1F. The Hall–Kier alpha value is -1.62. The highest BCUT2D eigenvalue weighted by atomic mass is 19.1. The van der Waals surface area contributed by atoms with Crippen LogP contribution in [0.2, 0.25) is 0 Å². The molecule has 0 aliphatic rings. The van der Waals surface area contributed by atoms with E-state index in [-0.39, 0.29) is 17.7 Å². The summed E-state index contributed by atoms with van der Waals surface area (Å²) >= 11 is 0. The first kappa shape index (κ1) is 17.4. The normalized spacial score (nSPS) is 12.0. The maximum absolute atomic E-state index is 13.6. The molecule has 0 saturated carbocycles. The molecule has 1 atom stereocenters. The number of carbonyl (C=O) groups excluding carboxylic acids is 1. The Bertz CT molecular complexity index is 452. The molecule has 0 saturated heterocycles. The van der Waals surface area contributed by atoms with E-state index in [0.29, 0.717) is 13.0 Å². The molecule has 0 aromatic heterocycles. The number of hydrogen-bond donors (Lipinski definition) is 2. The number of rotatable bonds is 9. The molecule has 0 heterocycles. The smallest absolute Gasteiger partial charge is 0.220 e. The van der Waals surface area contributed by atoms with Crippen LogP contribution in [0.3, 0.4) is 0 Å². The lowest BCUT2D eigenvalue weighted by atomic mass is 10.1. The molecule has 1 unspecified atom stereocenters. The summed E-state index contributed by atoms with van der Waals surface area (Å²) in [6.07, 6.45) is 4.42. The second-order valence-electron chi connectivity index (χ2n) is 5.14. The van der Waals surface area contributed by atoms with E-state index in [0.717, 1.165) is 31.2 Å². The van der Waals surface area contributed by atoms with Crippen molar-refractivity contribution in [2.75, 3.05) is 13.7 Å². The van der Waals surface area contributed by atoms with E-state index in [1.54, 1.807) is 12.1 Å². The molecule has 4 nitrogen and oxygen atoms in total. The number of methoxy groups -OCH3 is 1. The quantitative estimate of drug-likeness (QED) is 0.689. The molecule has 3 N–H and O–H groups in total. The molecule has 0 aliphatic heterocycles. The van der Waals surface area contributed by atoms with E-state index in [2.05, 4.69) is 5.32 Å². The molecule has 1 aromatic rings. The minimum absolute atomic E-state index is 0.00789. The number of unbranched alkanes of at least 4 members (excludes halogenated alkanes) is 3. The number of nitrogens with one attached hydrogen (secondary N) is 1. The predicted octanol–water partition coefficient (Wildman–Crippen LogP) is 2.92. The highest BCUT2D eigenvalue weighted by Crippen LogP contribution is 2.21. The second-order valence-corrected chi connectivity index (χ2v) is 5.14. The zero-order valence-corrected chi connectivity index (χ0v) is 12.8. The minimum atomic E-state index is -0.419. The predicted molar refractivity (Wildman–Crippen MR) is 81.6 cm³/mol. The van der Waals surface area contributed by atoms with Crippen molar-refractivity contribution < 1.29 is 13.9 Å². The van der Waals surface area contributed by atoms with Gasteiger partial charge in [-0.15, -0.1) is 0 Å². The summed E-state index contributed by atoms with van der Waals surface area (Å²) in [7, 11) is 1.42. The Balaban J connectivity index is 2.40. The molecular weight excluding hydrogens is 271 g/mol. The first-order chi connectivity index (χ1) is 10.1. The third-order valence-corrected chi connectivity index (χ3v) is 3.41. The topological polar surface area (TPSA) is 64.3 Å². The number of nitrogens with two attached hydrogens (primary N) is 1. The highest BCUT2D eigenvalue weighted by molar-refractivity contribution is 5.76. The van der Waals surface area contributed by atoms with E-state index < -0.39 is 5.82 Å². The molecular formula is C16H25FN2O2. The Morgan fingerprint density at radius 3 is 2.67 bits per heavy atom. The molecule has 0 bridgehead atoms. The third kappa shape index (κ3) is 6.12. The van der Waals surface area contributed by atoms with Gasteiger partial charge in [0.15, 0.2) is 11.6 Å². The van der Waals surface area contributed by atoms with E-state index in [4.69, 9.17) is 10.5 Å². The number of amides is 1. The number of ether oxygens (including phenoxy) is 1. The fourth-order valence-corrected chi connectivity index (χ4v) is 2.13. The van der Waals surface area contributed by atoms with Crippen molar-refractivity contribution in [3.63, 3.8) is 0 Å². The Morgan fingerprint density at radius 2 is 2.05 bits per heavy atom. The van der Waals surface area contributed by atoms with Gasteiger partial charge >= 0.3 is 0 Å². The molecule has 0 spiro atoms. The van der Waals surface area contributed by atoms with Gasteiger partial charge in [0, 0.05) is 6.42 Å². The van der Waals surface area contributed by atoms with Gasteiger partial charge in [-0.1, -0.05) is 18.9 Å². The summed E-state index contributed by atoms with van der Waals surface area (Å²) < 4.78 is 18.5. The molecule has 5 heteroatoms. The van der Waals surface area contributed by atoms with Crippen LogP contribution in [0.1, 0.15) is 50.6 Å². The molecule has 118 valence electrons. The fraction of sp³-hybridized carbons (Fsp3) is 0.562. The van der Waals surface area contributed by atoms with Crippen molar-refractivity contribution >= 4 is 5.91 Å².